The molecular formula is C33H35F3N8O3. The molecule has 0 aliphatic heterocycles. The number of rotatable bonds is 12. The Bertz CT molecular complexity index is 1750. The largest absolute Gasteiger partial charge is 0.416 e. The van der Waals surface area contributed by atoms with E-state index in [1.165, 1.54) is 18.6 Å². The molecule has 1 aliphatic rings. The summed E-state index contributed by atoms with van der Waals surface area (Å²) in [7, 11) is 0. The molecule has 1 aliphatic carbocycles. The molecule has 0 unspecified atom stereocenters. The zero-order valence-corrected chi connectivity index (χ0v) is 25.5. The van der Waals surface area contributed by atoms with Crippen LogP contribution in [0.15, 0.2) is 54.9 Å². The van der Waals surface area contributed by atoms with E-state index < -0.39 is 17.6 Å². The van der Waals surface area contributed by atoms with Crippen molar-refractivity contribution in [1.82, 2.24) is 30.4 Å². The zero-order valence-electron chi connectivity index (χ0n) is 25.5. The van der Waals surface area contributed by atoms with Crippen molar-refractivity contribution in [3.05, 3.63) is 71.6 Å². The Morgan fingerprint density at radius 2 is 1.83 bits per heavy atom. The molecule has 4 aromatic rings. The number of anilines is 2. The highest BCUT2D eigenvalue weighted by atomic mass is 19.4. The standard InChI is InChI=1S/C33H35F3N8O3/c34-33(35,36)24-13-15-38-26(18-24)41-32(47)22-11-9-21(10-12-22)29-28-30(43-42-29)23(19-39-31(28)37)6-4-5-16-44(20-45)17-14-27(46)40-25-7-2-1-3-8-25/h4,6,9-13,15,18-20,25H,1-3,5,7-8,14,16-17H2,(H2,37,39)(H,40,46)(H,42,43)(H,38,41,47)/b6-4+. The van der Waals surface area contributed by atoms with Gasteiger partial charge in [0, 0.05) is 54.6 Å². The number of nitrogens with one attached hydrogen (secondary N) is 3. The highest BCUT2D eigenvalue weighted by Crippen LogP contribution is 2.33. The van der Waals surface area contributed by atoms with Crippen molar-refractivity contribution in [2.75, 3.05) is 24.1 Å². The minimum Gasteiger partial charge on any atom is -0.383 e. The van der Waals surface area contributed by atoms with Crippen molar-refractivity contribution in [3.8, 4) is 11.3 Å². The lowest BCUT2D eigenvalue weighted by Gasteiger charge is -2.23. The third kappa shape index (κ3) is 8.51. The summed E-state index contributed by atoms with van der Waals surface area (Å²) in [4.78, 5) is 46.3. The molecule has 3 aromatic heterocycles. The van der Waals surface area contributed by atoms with Crippen molar-refractivity contribution in [3.63, 3.8) is 0 Å². The average Bonchev–Trinajstić information content (AvgIpc) is 3.52. The quantitative estimate of drug-likeness (QED) is 0.146. The second-order valence-corrected chi connectivity index (χ2v) is 11.4. The Hall–Kier alpha value is -5.27. The summed E-state index contributed by atoms with van der Waals surface area (Å²) >= 11 is 0. The minimum atomic E-state index is -4.56. The van der Waals surface area contributed by atoms with Gasteiger partial charge in [-0.1, -0.05) is 43.5 Å². The predicted octanol–water partition coefficient (Wildman–Crippen LogP) is 5.57. The fourth-order valence-corrected chi connectivity index (χ4v) is 5.51. The number of aromatic nitrogens is 4. The Morgan fingerprint density at radius 3 is 2.55 bits per heavy atom. The number of benzene rings is 1. The van der Waals surface area contributed by atoms with Crippen LogP contribution in [0, 0.1) is 0 Å². The van der Waals surface area contributed by atoms with Gasteiger partial charge in [-0.2, -0.15) is 18.3 Å². The third-order valence-electron chi connectivity index (χ3n) is 8.03. The molecule has 0 atom stereocenters. The number of carbonyl (C=O) groups is 3. The van der Waals surface area contributed by atoms with Crippen LogP contribution >= 0.6 is 0 Å². The second kappa shape index (κ2) is 14.9. The monoisotopic (exact) mass is 648 g/mol. The lowest BCUT2D eigenvalue weighted by atomic mass is 9.95. The first-order chi connectivity index (χ1) is 22.6. The predicted molar refractivity (Wildman–Crippen MR) is 172 cm³/mol. The Labute approximate surface area is 268 Å². The van der Waals surface area contributed by atoms with Crippen LogP contribution in [0.25, 0.3) is 28.2 Å². The first-order valence-electron chi connectivity index (χ1n) is 15.3. The average molecular weight is 649 g/mol. The number of nitrogens with two attached hydrogens (primary N) is 1. The first-order valence-corrected chi connectivity index (χ1v) is 15.3. The second-order valence-electron chi connectivity index (χ2n) is 11.4. The highest BCUT2D eigenvalue weighted by molar-refractivity contribution is 6.05. The molecule has 3 amide bonds. The van der Waals surface area contributed by atoms with Gasteiger partial charge in [0.15, 0.2) is 0 Å². The van der Waals surface area contributed by atoms with E-state index in [1.54, 1.807) is 23.2 Å². The summed E-state index contributed by atoms with van der Waals surface area (Å²) in [6.45, 7) is 0.784. The van der Waals surface area contributed by atoms with Gasteiger partial charge in [0.1, 0.15) is 17.2 Å². The molecular weight excluding hydrogens is 613 g/mol. The van der Waals surface area contributed by atoms with Gasteiger partial charge in [0.2, 0.25) is 12.3 Å². The van der Waals surface area contributed by atoms with Crippen molar-refractivity contribution in [1.29, 1.82) is 0 Å². The molecule has 246 valence electrons. The molecule has 47 heavy (non-hydrogen) atoms. The number of halogens is 3. The van der Waals surface area contributed by atoms with Crippen molar-refractivity contribution in [2.24, 2.45) is 0 Å². The number of aromatic amines is 1. The molecule has 1 aromatic carbocycles. The van der Waals surface area contributed by atoms with Crippen molar-refractivity contribution in [2.45, 2.75) is 57.2 Å². The van der Waals surface area contributed by atoms with Gasteiger partial charge in [-0.15, -0.1) is 0 Å². The number of alkyl halides is 3. The first kappa shape index (κ1) is 33.1. The SMILES string of the molecule is Nc1ncc(/C=C/CCN(C=O)CCC(=O)NC2CCCCC2)c2n[nH]c(-c3ccc(C(=O)Nc4cc(C(F)(F)F)ccn4)cc3)c12. The molecule has 5 rings (SSSR count). The lowest BCUT2D eigenvalue weighted by molar-refractivity contribution is -0.137. The van der Waals surface area contributed by atoms with Crippen LogP contribution in [0.3, 0.4) is 0 Å². The van der Waals surface area contributed by atoms with E-state index in [0.29, 0.717) is 47.2 Å². The van der Waals surface area contributed by atoms with Crippen LogP contribution in [0.1, 0.15) is 66.4 Å². The van der Waals surface area contributed by atoms with Crippen LogP contribution < -0.4 is 16.4 Å². The summed E-state index contributed by atoms with van der Waals surface area (Å²) in [5.74, 6) is -0.627. The Morgan fingerprint density at radius 1 is 1.06 bits per heavy atom. The van der Waals surface area contributed by atoms with Crippen molar-refractivity contribution < 1.29 is 27.6 Å². The van der Waals surface area contributed by atoms with Gasteiger partial charge in [0.25, 0.3) is 5.91 Å². The Balaban J connectivity index is 1.19. The van der Waals surface area contributed by atoms with E-state index in [4.69, 9.17) is 5.73 Å². The molecule has 3 heterocycles. The van der Waals surface area contributed by atoms with E-state index in [9.17, 15) is 27.6 Å². The van der Waals surface area contributed by atoms with Gasteiger partial charge >= 0.3 is 6.18 Å². The highest BCUT2D eigenvalue weighted by Gasteiger charge is 2.31. The lowest BCUT2D eigenvalue weighted by Crippen LogP contribution is -2.38. The zero-order chi connectivity index (χ0) is 33.4. The smallest absolute Gasteiger partial charge is 0.383 e. The van der Waals surface area contributed by atoms with E-state index in [-0.39, 0.29) is 35.6 Å². The molecule has 1 fully saturated rings. The summed E-state index contributed by atoms with van der Waals surface area (Å²) in [5.41, 5.74) is 8.02. The molecule has 14 heteroatoms. The van der Waals surface area contributed by atoms with Gasteiger partial charge < -0.3 is 21.3 Å². The third-order valence-corrected chi connectivity index (χ3v) is 8.03. The number of fused-ring (bicyclic) bond motifs is 1. The van der Waals surface area contributed by atoms with E-state index >= 15 is 0 Å². The van der Waals surface area contributed by atoms with Gasteiger partial charge in [-0.05, 0) is 43.5 Å². The molecule has 0 bridgehead atoms. The molecule has 11 nitrogen and oxygen atoms in total. The van der Waals surface area contributed by atoms with Crippen LogP contribution in [0.5, 0.6) is 0 Å². The summed E-state index contributed by atoms with van der Waals surface area (Å²) in [6, 6.07) is 8.20. The van der Waals surface area contributed by atoms with Crippen LogP contribution in [-0.4, -0.2) is 62.4 Å². The maximum absolute atomic E-state index is 13.0. The number of amides is 3. The number of carbonyl (C=O) groups excluding carboxylic acids is 3. The molecule has 5 N–H and O–H groups in total. The van der Waals surface area contributed by atoms with Crippen LogP contribution in [0.2, 0.25) is 0 Å². The van der Waals surface area contributed by atoms with E-state index in [0.717, 1.165) is 50.4 Å². The summed E-state index contributed by atoms with van der Waals surface area (Å²) < 4.78 is 39.0. The Kier molecular flexibility index (Phi) is 10.5. The maximum atomic E-state index is 13.0. The van der Waals surface area contributed by atoms with Crippen LogP contribution in [0.4, 0.5) is 24.8 Å². The van der Waals surface area contributed by atoms with Gasteiger partial charge in [-0.3, -0.25) is 19.5 Å². The molecule has 0 saturated heterocycles. The van der Waals surface area contributed by atoms with Crippen molar-refractivity contribution >= 4 is 46.8 Å². The van der Waals surface area contributed by atoms with Crippen LogP contribution in [-0.2, 0) is 15.8 Å². The maximum Gasteiger partial charge on any atom is 0.416 e. The van der Waals surface area contributed by atoms with Gasteiger partial charge in [-0.25, -0.2) is 9.97 Å². The number of nitrogens with zero attached hydrogens (tertiary/aromatic N) is 4. The normalized spacial score (nSPS) is 13.9. The number of nitrogen functional groups attached to an aromatic ring is 1. The molecule has 0 spiro atoms. The molecule has 0 radical (unpaired) electrons. The fourth-order valence-electron chi connectivity index (χ4n) is 5.51. The topological polar surface area (TPSA) is 159 Å². The number of pyridine rings is 2. The molecule has 1 saturated carbocycles. The van der Waals surface area contributed by atoms with E-state index in [2.05, 4.69) is 30.8 Å². The summed E-state index contributed by atoms with van der Waals surface area (Å²) in [5, 5.41) is 13.5. The van der Waals surface area contributed by atoms with Gasteiger partial charge in [0.05, 0.1) is 16.6 Å². The summed E-state index contributed by atoms with van der Waals surface area (Å²) in [6.07, 6.45) is 8.82. The fraction of sp³-hybridized carbons (Fsp3) is 0.333. The van der Waals surface area contributed by atoms with E-state index in [1.807, 2.05) is 12.2 Å². The number of hydrogen-bond acceptors (Lipinski definition) is 7. The number of H-pyrrole nitrogens is 1. The minimum absolute atomic E-state index is 0.0330. The number of hydrogen-bond donors (Lipinski definition) is 4.